The molecule has 0 rings (SSSR count). The van der Waals surface area contributed by atoms with Crippen molar-refractivity contribution in [3.05, 3.63) is 12.3 Å². The van der Waals surface area contributed by atoms with Crippen molar-refractivity contribution in [1.29, 1.82) is 0 Å². The predicted octanol–water partition coefficient (Wildman–Crippen LogP) is 2.16. The van der Waals surface area contributed by atoms with Crippen LogP contribution in [-0.2, 0) is 9.53 Å². The first-order valence-electron chi connectivity index (χ1n) is 3.59. The molecule has 0 aromatic heterocycles. The Labute approximate surface area is 61.9 Å². The van der Waals surface area contributed by atoms with Crippen molar-refractivity contribution in [3.8, 4) is 0 Å². The highest BCUT2D eigenvalue weighted by Crippen LogP contribution is 1.98. The molecule has 2 nitrogen and oxygen atoms in total. The number of carbonyl (C=O) groups excluding carboxylic acids is 1. The lowest BCUT2D eigenvalue weighted by molar-refractivity contribution is 0.396. The van der Waals surface area contributed by atoms with E-state index in [1.165, 1.54) is 25.6 Å². The molecular weight excluding hydrogens is 128 g/mol. The first-order valence-corrected chi connectivity index (χ1v) is 3.59. The van der Waals surface area contributed by atoms with Gasteiger partial charge in [0.05, 0.1) is 6.26 Å². The molecule has 0 aliphatic heterocycles. The monoisotopic (exact) mass is 141 g/mol. The van der Waals surface area contributed by atoms with Crippen molar-refractivity contribution in [2.45, 2.75) is 32.6 Å². The van der Waals surface area contributed by atoms with E-state index in [2.05, 4.69) is 11.7 Å². The molecule has 0 aromatic rings. The van der Waals surface area contributed by atoms with Gasteiger partial charge in [0, 0.05) is 0 Å². The average molecular weight is 141 g/mol. The fourth-order valence-electron chi connectivity index (χ4n) is 0.656. The SMILES string of the molecule is CCCCC/C=C/O[C]=O. The van der Waals surface area contributed by atoms with Gasteiger partial charge in [-0.25, -0.2) is 4.79 Å². The van der Waals surface area contributed by atoms with E-state index in [-0.39, 0.29) is 0 Å². The maximum absolute atomic E-state index is 9.50. The van der Waals surface area contributed by atoms with Gasteiger partial charge in [-0.15, -0.1) is 0 Å². The Morgan fingerprint density at radius 3 is 2.90 bits per heavy atom. The molecule has 2 heteroatoms. The summed E-state index contributed by atoms with van der Waals surface area (Å²) >= 11 is 0. The van der Waals surface area contributed by atoms with Crippen LogP contribution in [0.4, 0.5) is 0 Å². The van der Waals surface area contributed by atoms with Gasteiger partial charge in [-0.2, -0.15) is 0 Å². The van der Waals surface area contributed by atoms with Crippen LogP contribution in [-0.4, -0.2) is 6.47 Å². The van der Waals surface area contributed by atoms with E-state index in [1.54, 1.807) is 0 Å². The first-order chi connectivity index (χ1) is 4.91. The second-order valence-corrected chi connectivity index (χ2v) is 2.07. The van der Waals surface area contributed by atoms with E-state index < -0.39 is 0 Å². The maximum atomic E-state index is 9.50. The second kappa shape index (κ2) is 8.21. The van der Waals surface area contributed by atoms with Crippen LogP contribution < -0.4 is 0 Å². The summed E-state index contributed by atoms with van der Waals surface area (Å²) in [7, 11) is 0. The molecule has 1 radical (unpaired) electrons. The van der Waals surface area contributed by atoms with E-state index in [0.29, 0.717) is 0 Å². The van der Waals surface area contributed by atoms with Crippen LogP contribution in [0.1, 0.15) is 32.6 Å². The first kappa shape index (κ1) is 9.21. The topological polar surface area (TPSA) is 26.3 Å². The minimum Gasteiger partial charge on any atom is -0.426 e. The zero-order valence-electron chi connectivity index (χ0n) is 6.30. The van der Waals surface area contributed by atoms with Gasteiger partial charge in [-0.3, -0.25) is 0 Å². The molecule has 0 saturated carbocycles. The Kier molecular flexibility index (Phi) is 7.56. The molecule has 0 aromatic carbocycles. The molecule has 10 heavy (non-hydrogen) atoms. The molecule has 0 fully saturated rings. The summed E-state index contributed by atoms with van der Waals surface area (Å²) in [5.41, 5.74) is 0. The summed E-state index contributed by atoms with van der Waals surface area (Å²) < 4.78 is 4.23. The van der Waals surface area contributed by atoms with Crippen molar-refractivity contribution in [2.75, 3.05) is 0 Å². The summed E-state index contributed by atoms with van der Waals surface area (Å²) in [5, 5.41) is 0. The number of rotatable bonds is 6. The summed E-state index contributed by atoms with van der Waals surface area (Å²) in [6.07, 6.45) is 7.80. The van der Waals surface area contributed by atoms with Crippen LogP contribution in [0, 0.1) is 0 Å². The zero-order valence-corrected chi connectivity index (χ0v) is 6.30. The molecule has 0 unspecified atom stereocenters. The summed E-state index contributed by atoms with van der Waals surface area (Å²) in [4.78, 5) is 9.50. The zero-order chi connectivity index (χ0) is 7.66. The van der Waals surface area contributed by atoms with Crippen LogP contribution in [0.25, 0.3) is 0 Å². The van der Waals surface area contributed by atoms with Crippen LogP contribution >= 0.6 is 0 Å². The molecule has 0 aliphatic carbocycles. The summed E-state index contributed by atoms with van der Waals surface area (Å²) in [6.45, 7) is 3.47. The Balaban J connectivity index is 2.94. The average Bonchev–Trinajstić information content (AvgIpc) is 1.97. The predicted molar refractivity (Wildman–Crippen MR) is 40.1 cm³/mol. The molecule has 0 atom stereocenters. The minimum atomic E-state index is 0.982. The third-order valence-electron chi connectivity index (χ3n) is 1.19. The highest BCUT2D eigenvalue weighted by atomic mass is 16.5. The largest absolute Gasteiger partial charge is 0.426 e. The van der Waals surface area contributed by atoms with E-state index in [0.717, 1.165) is 12.8 Å². The number of unbranched alkanes of at least 4 members (excludes halogenated alkanes) is 3. The lowest BCUT2D eigenvalue weighted by Gasteiger charge is -1.89. The molecule has 0 saturated heterocycles. The number of hydrogen-bond acceptors (Lipinski definition) is 2. The molecule has 0 heterocycles. The van der Waals surface area contributed by atoms with Crippen molar-refractivity contribution in [1.82, 2.24) is 0 Å². The fourth-order valence-corrected chi connectivity index (χ4v) is 0.656. The van der Waals surface area contributed by atoms with Gasteiger partial charge in [0.25, 0.3) is 0 Å². The van der Waals surface area contributed by atoms with Crippen molar-refractivity contribution in [3.63, 3.8) is 0 Å². The Morgan fingerprint density at radius 1 is 1.50 bits per heavy atom. The molecule has 0 bridgehead atoms. The van der Waals surface area contributed by atoms with Gasteiger partial charge in [0.2, 0.25) is 0 Å². The van der Waals surface area contributed by atoms with E-state index in [4.69, 9.17) is 0 Å². The number of ether oxygens (including phenoxy) is 1. The van der Waals surface area contributed by atoms with Gasteiger partial charge in [0.1, 0.15) is 0 Å². The Hall–Kier alpha value is -0.790. The van der Waals surface area contributed by atoms with Crippen molar-refractivity contribution >= 4 is 6.47 Å². The summed E-state index contributed by atoms with van der Waals surface area (Å²) in [6, 6.07) is 0. The third kappa shape index (κ3) is 7.21. The van der Waals surface area contributed by atoms with E-state index >= 15 is 0 Å². The maximum Gasteiger partial charge on any atom is 0.422 e. The highest BCUT2D eigenvalue weighted by Gasteiger charge is 1.80. The number of hydrogen-bond donors (Lipinski definition) is 0. The Bertz CT molecular complexity index is 97.4. The fraction of sp³-hybridized carbons (Fsp3) is 0.625. The van der Waals surface area contributed by atoms with Gasteiger partial charge in [-0.05, 0) is 18.9 Å². The van der Waals surface area contributed by atoms with Gasteiger partial charge < -0.3 is 4.74 Å². The molecular formula is C8H13O2. The van der Waals surface area contributed by atoms with Crippen molar-refractivity contribution < 1.29 is 9.53 Å². The van der Waals surface area contributed by atoms with Crippen LogP contribution in [0.3, 0.4) is 0 Å². The van der Waals surface area contributed by atoms with Gasteiger partial charge >= 0.3 is 6.47 Å². The number of allylic oxidation sites excluding steroid dienone is 1. The van der Waals surface area contributed by atoms with Gasteiger partial charge in [-0.1, -0.05) is 19.8 Å². The van der Waals surface area contributed by atoms with Gasteiger partial charge in [0.15, 0.2) is 0 Å². The van der Waals surface area contributed by atoms with Crippen LogP contribution in [0.2, 0.25) is 0 Å². The van der Waals surface area contributed by atoms with E-state index in [1.807, 2.05) is 6.08 Å². The highest BCUT2D eigenvalue weighted by molar-refractivity contribution is 5.39. The van der Waals surface area contributed by atoms with E-state index in [9.17, 15) is 4.79 Å². The smallest absolute Gasteiger partial charge is 0.422 e. The van der Waals surface area contributed by atoms with Crippen molar-refractivity contribution in [2.24, 2.45) is 0 Å². The van der Waals surface area contributed by atoms with Crippen LogP contribution in [0.15, 0.2) is 12.3 Å². The molecule has 0 amide bonds. The molecule has 0 aliphatic rings. The Morgan fingerprint density at radius 2 is 2.30 bits per heavy atom. The third-order valence-corrected chi connectivity index (χ3v) is 1.19. The second-order valence-electron chi connectivity index (χ2n) is 2.07. The lowest BCUT2D eigenvalue weighted by Crippen LogP contribution is -1.74. The molecule has 57 valence electrons. The van der Waals surface area contributed by atoms with Crippen LogP contribution in [0.5, 0.6) is 0 Å². The standard InChI is InChI=1S/C8H13O2/c1-2-3-4-5-6-7-10-8-9/h6-7H,2-5H2,1H3/b7-6+. The lowest BCUT2D eigenvalue weighted by atomic mass is 10.2. The quantitative estimate of drug-likeness (QED) is 0.418. The minimum absolute atomic E-state index is 0.982. The molecule has 0 spiro atoms. The molecule has 0 N–H and O–H groups in total. The summed E-state index contributed by atoms with van der Waals surface area (Å²) in [5.74, 6) is 0. The normalized spacial score (nSPS) is 10.1.